The van der Waals surface area contributed by atoms with Gasteiger partial charge in [0.1, 0.15) is 5.60 Å². The molecule has 2 aliphatic rings. The summed E-state index contributed by atoms with van der Waals surface area (Å²) in [5.74, 6) is 2.13. The number of nitrogens with one attached hydrogen (secondary N) is 1. The van der Waals surface area contributed by atoms with E-state index in [1.807, 2.05) is 32.7 Å². The first-order chi connectivity index (χ1) is 13.7. The van der Waals surface area contributed by atoms with Crippen LogP contribution in [0.3, 0.4) is 0 Å². The van der Waals surface area contributed by atoms with Crippen LogP contribution in [0.5, 0.6) is 0 Å². The quantitative estimate of drug-likeness (QED) is 0.219. The van der Waals surface area contributed by atoms with Crippen LogP contribution in [0.1, 0.15) is 60.3 Å². The summed E-state index contributed by atoms with van der Waals surface area (Å²) in [6.07, 6.45) is 4.18. The molecule has 8 heteroatoms. The molecule has 0 unspecified atom stereocenters. The first-order valence-corrected chi connectivity index (χ1v) is 11.2. The predicted molar refractivity (Wildman–Crippen MR) is 133 cm³/mol. The monoisotopic (exact) mass is 538 g/mol. The van der Waals surface area contributed by atoms with E-state index in [2.05, 4.69) is 29.1 Å². The SMILES string of the molecule is CN=C(NCCOCC(C)C)N1CCC(N(CC2CC2)C(=O)OC(C)(C)C)CC1.I. The number of guanidine groups is 1. The van der Waals surface area contributed by atoms with Crippen LogP contribution in [-0.2, 0) is 9.47 Å². The Kier molecular flexibility index (Phi) is 11.8. The van der Waals surface area contributed by atoms with Crippen LogP contribution < -0.4 is 5.32 Å². The Bertz CT molecular complexity index is 539. The highest BCUT2D eigenvalue weighted by atomic mass is 127. The van der Waals surface area contributed by atoms with Gasteiger partial charge in [-0.25, -0.2) is 4.79 Å². The van der Waals surface area contributed by atoms with Crippen LogP contribution in [-0.4, -0.2) is 79.9 Å². The summed E-state index contributed by atoms with van der Waals surface area (Å²) in [4.78, 5) is 21.5. The van der Waals surface area contributed by atoms with Gasteiger partial charge in [0, 0.05) is 45.9 Å². The lowest BCUT2D eigenvalue weighted by Crippen LogP contribution is -2.52. The summed E-state index contributed by atoms with van der Waals surface area (Å²) in [6, 6.07) is 0.245. The fourth-order valence-electron chi connectivity index (χ4n) is 3.55. The molecule has 1 aliphatic heterocycles. The molecule has 176 valence electrons. The van der Waals surface area contributed by atoms with E-state index in [1.165, 1.54) is 12.8 Å². The van der Waals surface area contributed by atoms with Crippen molar-refractivity contribution in [3.8, 4) is 0 Å². The van der Waals surface area contributed by atoms with E-state index in [0.29, 0.717) is 18.4 Å². The minimum Gasteiger partial charge on any atom is -0.444 e. The van der Waals surface area contributed by atoms with Gasteiger partial charge in [-0.3, -0.25) is 4.99 Å². The number of amides is 1. The second-order valence-electron chi connectivity index (χ2n) is 9.74. The average Bonchev–Trinajstić information content (AvgIpc) is 3.45. The normalized spacial score (nSPS) is 18.2. The van der Waals surface area contributed by atoms with Crippen molar-refractivity contribution in [1.29, 1.82) is 0 Å². The van der Waals surface area contributed by atoms with E-state index in [4.69, 9.17) is 9.47 Å². The van der Waals surface area contributed by atoms with Crippen LogP contribution in [0.15, 0.2) is 4.99 Å². The lowest BCUT2D eigenvalue weighted by Gasteiger charge is -2.40. The Morgan fingerprint density at radius 2 is 1.83 bits per heavy atom. The van der Waals surface area contributed by atoms with E-state index in [1.54, 1.807) is 0 Å². The second kappa shape index (κ2) is 12.9. The molecule has 1 saturated heterocycles. The number of hydrogen-bond acceptors (Lipinski definition) is 4. The van der Waals surface area contributed by atoms with Gasteiger partial charge in [0.2, 0.25) is 0 Å². The molecular weight excluding hydrogens is 495 g/mol. The number of likely N-dealkylation sites (tertiary alicyclic amines) is 1. The van der Waals surface area contributed by atoms with Gasteiger partial charge < -0.3 is 24.6 Å². The Morgan fingerprint density at radius 3 is 2.33 bits per heavy atom. The van der Waals surface area contributed by atoms with E-state index in [-0.39, 0.29) is 36.1 Å². The van der Waals surface area contributed by atoms with Crippen molar-refractivity contribution in [3.63, 3.8) is 0 Å². The number of hydrogen-bond donors (Lipinski definition) is 1. The molecule has 0 aromatic heterocycles. The van der Waals surface area contributed by atoms with Crippen LogP contribution >= 0.6 is 24.0 Å². The topological polar surface area (TPSA) is 66.4 Å². The largest absolute Gasteiger partial charge is 0.444 e. The highest BCUT2D eigenvalue weighted by molar-refractivity contribution is 14.0. The second-order valence-corrected chi connectivity index (χ2v) is 9.74. The summed E-state index contributed by atoms with van der Waals surface area (Å²) >= 11 is 0. The molecular formula is C22H43IN4O3. The number of halogens is 1. The lowest BCUT2D eigenvalue weighted by molar-refractivity contribution is 0.00926. The van der Waals surface area contributed by atoms with Crippen LogP contribution in [0.2, 0.25) is 0 Å². The maximum absolute atomic E-state index is 12.8. The molecule has 0 aromatic rings. The summed E-state index contributed by atoms with van der Waals surface area (Å²) in [5.41, 5.74) is -0.455. The fraction of sp³-hybridized carbons (Fsp3) is 0.909. The van der Waals surface area contributed by atoms with E-state index in [0.717, 1.165) is 51.6 Å². The zero-order chi connectivity index (χ0) is 21.4. The predicted octanol–water partition coefficient (Wildman–Crippen LogP) is 3.96. The average molecular weight is 539 g/mol. The van der Waals surface area contributed by atoms with Crippen molar-refractivity contribution in [3.05, 3.63) is 0 Å². The molecule has 30 heavy (non-hydrogen) atoms. The zero-order valence-corrected chi connectivity index (χ0v) is 22.1. The number of rotatable bonds is 8. The molecule has 2 fully saturated rings. The molecule has 0 atom stereocenters. The van der Waals surface area contributed by atoms with Crippen LogP contribution in [0, 0.1) is 11.8 Å². The number of piperidine rings is 1. The van der Waals surface area contributed by atoms with Gasteiger partial charge in [0.15, 0.2) is 5.96 Å². The highest BCUT2D eigenvalue weighted by Crippen LogP contribution is 2.32. The Balaban J connectivity index is 0.00000450. The number of aliphatic imine (C=N–C) groups is 1. The first-order valence-electron chi connectivity index (χ1n) is 11.2. The van der Waals surface area contributed by atoms with Crippen LogP contribution in [0.25, 0.3) is 0 Å². The van der Waals surface area contributed by atoms with Crippen molar-refractivity contribution < 1.29 is 14.3 Å². The van der Waals surface area contributed by atoms with Gasteiger partial charge >= 0.3 is 6.09 Å². The zero-order valence-electron chi connectivity index (χ0n) is 19.8. The van der Waals surface area contributed by atoms with Crippen molar-refractivity contribution in [2.45, 2.75) is 71.9 Å². The third kappa shape index (κ3) is 10.0. The molecule has 1 saturated carbocycles. The molecule has 0 spiro atoms. The summed E-state index contributed by atoms with van der Waals surface area (Å²) in [7, 11) is 1.82. The van der Waals surface area contributed by atoms with Gasteiger partial charge in [0.05, 0.1) is 6.61 Å². The Hall–Kier alpha value is -0.770. The van der Waals surface area contributed by atoms with Gasteiger partial charge in [0.25, 0.3) is 0 Å². The van der Waals surface area contributed by atoms with E-state index < -0.39 is 5.60 Å². The maximum atomic E-state index is 12.8. The third-order valence-electron chi connectivity index (χ3n) is 5.18. The molecule has 0 bridgehead atoms. The van der Waals surface area contributed by atoms with Gasteiger partial charge in [-0.1, -0.05) is 13.8 Å². The first kappa shape index (κ1) is 27.3. The number of carbonyl (C=O) groups excluding carboxylic acids is 1. The number of ether oxygens (including phenoxy) is 2. The van der Waals surface area contributed by atoms with Gasteiger partial charge in [-0.15, -0.1) is 24.0 Å². The fourth-order valence-corrected chi connectivity index (χ4v) is 3.55. The van der Waals surface area contributed by atoms with Crippen molar-refractivity contribution in [1.82, 2.24) is 15.1 Å². The van der Waals surface area contributed by atoms with Crippen molar-refractivity contribution >= 4 is 36.0 Å². The smallest absolute Gasteiger partial charge is 0.410 e. The molecule has 0 radical (unpaired) electrons. The Labute approximate surface area is 200 Å². The Morgan fingerprint density at radius 1 is 1.20 bits per heavy atom. The lowest BCUT2D eigenvalue weighted by atomic mass is 10.0. The number of carbonyl (C=O) groups is 1. The minimum atomic E-state index is -0.455. The third-order valence-corrected chi connectivity index (χ3v) is 5.18. The summed E-state index contributed by atoms with van der Waals surface area (Å²) < 4.78 is 11.3. The van der Waals surface area contributed by atoms with E-state index >= 15 is 0 Å². The highest BCUT2D eigenvalue weighted by Gasteiger charge is 2.35. The van der Waals surface area contributed by atoms with Gasteiger partial charge in [-0.05, 0) is 58.3 Å². The van der Waals surface area contributed by atoms with Gasteiger partial charge in [-0.2, -0.15) is 0 Å². The molecule has 1 aliphatic carbocycles. The summed E-state index contributed by atoms with van der Waals surface area (Å²) in [6.45, 7) is 14.9. The molecule has 2 rings (SSSR count). The molecule has 1 N–H and O–H groups in total. The van der Waals surface area contributed by atoms with Crippen molar-refractivity contribution in [2.24, 2.45) is 16.8 Å². The standard InChI is InChI=1S/C22H42N4O3.HI/c1-17(2)16-28-14-11-24-20(23-6)25-12-9-19(10-13-25)26(15-18-7-8-18)21(27)29-22(3,4)5;/h17-19H,7-16H2,1-6H3,(H,23,24);1H. The summed E-state index contributed by atoms with van der Waals surface area (Å²) in [5, 5.41) is 3.40. The maximum Gasteiger partial charge on any atom is 0.410 e. The number of nitrogens with zero attached hydrogens (tertiary/aromatic N) is 3. The molecule has 1 amide bonds. The molecule has 1 heterocycles. The minimum absolute atomic E-state index is 0. The molecule has 7 nitrogen and oxygen atoms in total. The van der Waals surface area contributed by atoms with Crippen molar-refractivity contribution in [2.75, 3.05) is 46.4 Å². The molecule has 0 aromatic carbocycles. The van der Waals surface area contributed by atoms with Crippen LogP contribution in [0.4, 0.5) is 4.79 Å². The van der Waals surface area contributed by atoms with E-state index in [9.17, 15) is 4.79 Å².